The van der Waals surface area contributed by atoms with Crippen LogP contribution in [0.25, 0.3) is 17.1 Å². The molecule has 5 aromatic rings. The maximum absolute atomic E-state index is 13.7. The molecule has 5 rings (SSSR count). The summed E-state index contributed by atoms with van der Waals surface area (Å²) in [6, 6.07) is 15.7. The summed E-state index contributed by atoms with van der Waals surface area (Å²) in [5.74, 6) is -1.20. The first-order valence-electron chi connectivity index (χ1n) is 12.2. The fraction of sp³-hybridized carbons (Fsp3) is 0.107. The quantitative estimate of drug-likeness (QED) is 0.299. The largest absolute Gasteiger partial charge is 0.355 e. The molecule has 0 aliphatic rings. The third kappa shape index (κ3) is 5.66. The lowest BCUT2D eigenvalue weighted by Crippen LogP contribution is -2.24. The zero-order valence-electron chi connectivity index (χ0n) is 21.8. The van der Waals surface area contributed by atoms with Crippen LogP contribution in [0, 0.1) is 24.1 Å². The number of anilines is 1. The van der Waals surface area contributed by atoms with E-state index < -0.39 is 11.8 Å². The molecule has 0 aliphatic carbocycles. The van der Waals surface area contributed by atoms with Gasteiger partial charge in [-0.15, -0.1) is 0 Å². The molecule has 11 nitrogen and oxygen atoms in total. The maximum Gasteiger partial charge on any atom is 0.274 e. The standard InChI is InChI=1S/C28H21ClFN9O2/c1-16-10-17(13-31)11-21(27(40)32-2)25(16)35-28(41)24-12-20(36-39(24)26-22(29)4-3-9-33-26)15-38-34-14-23(37-38)18-5-7-19(30)8-6-18/h3-12,14H,15H2,1-2H3,(H,32,40)(H,35,41). The Labute approximate surface area is 238 Å². The molecule has 2 N–H and O–H groups in total. The molecule has 0 fully saturated rings. The first-order valence-corrected chi connectivity index (χ1v) is 12.6. The summed E-state index contributed by atoms with van der Waals surface area (Å²) in [4.78, 5) is 31.9. The topological polar surface area (TPSA) is 143 Å². The number of hydrogen-bond donors (Lipinski definition) is 2. The lowest BCUT2D eigenvalue weighted by molar-refractivity contribution is 0.0964. The van der Waals surface area contributed by atoms with E-state index in [9.17, 15) is 19.2 Å². The van der Waals surface area contributed by atoms with Crippen LogP contribution in [0.3, 0.4) is 0 Å². The lowest BCUT2D eigenvalue weighted by Gasteiger charge is -2.14. The Morgan fingerprint density at radius 1 is 1.10 bits per heavy atom. The van der Waals surface area contributed by atoms with Gasteiger partial charge in [-0.1, -0.05) is 11.6 Å². The SMILES string of the molecule is CNC(=O)c1cc(C#N)cc(C)c1NC(=O)c1cc(Cn2ncc(-c3ccc(F)cc3)n2)nn1-c1ncccc1Cl. The van der Waals surface area contributed by atoms with Gasteiger partial charge >= 0.3 is 0 Å². The molecule has 0 aliphatic heterocycles. The van der Waals surface area contributed by atoms with Crippen molar-refractivity contribution >= 4 is 29.1 Å². The highest BCUT2D eigenvalue weighted by molar-refractivity contribution is 6.32. The predicted octanol–water partition coefficient (Wildman–Crippen LogP) is 4.16. The fourth-order valence-electron chi connectivity index (χ4n) is 4.14. The summed E-state index contributed by atoms with van der Waals surface area (Å²) in [6.45, 7) is 1.78. The third-order valence-electron chi connectivity index (χ3n) is 6.09. The number of pyridine rings is 1. The molecule has 2 amide bonds. The summed E-state index contributed by atoms with van der Waals surface area (Å²) in [6.07, 6.45) is 3.06. The molecular weight excluding hydrogens is 549 g/mol. The number of aromatic nitrogens is 6. The number of aryl methyl sites for hydroxylation is 1. The van der Waals surface area contributed by atoms with Crippen LogP contribution in [-0.4, -0.2) is 48.6 Å². The molecule has 0 unspecified atom stereocenters. The molecule has 204 valence electrons. The molecule has 3 heterocycles. The van der Waals surface area contributed by atoms with E-state index in [1.165, 1.54) is 40.9 Å². The van der Waals surface area contributed by atoms with E-state index in [2.05, 4.69) is 30.9 Å². The highest BCUT2D eigenvalue weighted by Crippen LogP contribution is 2.26. The van der Waals surface area contributed by atoms with Crippen molar-refractivity contribution in [2.45, 2.75) is 13.5 Å². The Morgan fingerprint density at radius 3 is 2.59 bits per heavy atom. The van der Waals surface area contributed by atoms with Crippen LogP contribution >= 0.6 is 11.6 Å². The molecular formula is C28H21ClFN9O2. The van der Waals surface area contributed by atoms with Gasteiger partial charge in [-0.3, -0.25) is 9.59 Å². The Kier molecular flexibility index (Phi) is 7.53. The number of carbonyl (C=O) groups excluding carboxylic acids is 2. The van der Waals surface area contributed by atoms with Crippen LogP contribution in [0.2, 0.25) is 5.02 Å². The molecule has 3 aromatic heterocycles. The molecule has 0 saturated heterocycles. The number of nitrogens with zero attached hydrogens (tertiary/aromatic N) is 7. The van der Waals surface area contributed by atoms with Crippen molar-refractivity contribution in [2.24, 2.45) is 0 Å². The van der Waals surface area contributed by atoms with Gasteiger partial charge in [0.05, 0.1) is 39.8 Å². The average molecular weight is 570 g/mol. The highest BCUT2D eigenvalue weighted by Gasteiger charge is 2.23. The second-order valence-electron chi connectivity index (χ2n) is 8.87. The highest BCUT2D eigenvalue weighted by atomic mass is 35.5. The minimum Gasteiger partial charge on any atom is -0.355 e. The van der Waals surface area contributed by atoms with E-state index in [1.807, 2.05) is 6.07 Å². The normalized spacial score (nSPS) is 10.7. The van der Waals surface area contributed by atoms with Crippen molar-refractivity contribution in [3.8, 4) is 23.1 Å². The summed E-state index contributed by atoms with van der Waals surface area (Å²) >= 11 is 6.40. The van der Waals surface area contributed by atoms with Crippen molar-refractivity contribution in [2.75, 3.05) is 12.4 Å². The Hall–Kier alpha value is -5.41. The van der Waals surface area contributed by atoms with Gasteiger partial charge in [0.25, 0.3) is 11.8 Å². The maximum atomic E-state index is 13.7. The smallest absolute Gasteiger partial charge is 0.274 e. The molecule has 2 aromatic carbocycles. The number of benzene rings is 2. The van der Waals surface area contributed by atoms with Crippen molar-refractivity contribution < 1.29 is 14.0 Å². The third-order valence-corrected chi connectivity index (χ3v) is 6.38. The van der Waals surface area contributed by atoms with Crippen molar-refractivity contribution in [3.05, 3.63) is 106 Å². The van der Waals surface area contributed by atoms with Gasteiger partial charge in [0.2, 0.25) is 0 Å². The molecule has 0 bridgehead atoms. The van der Waals surface area contributed by atoms with Gasteiger partial charge in [-0.05, 0) is 67.1 Å². The van der Waals surface area contributed by atoms with Gasteiger partial charge in [0, 0.05) is 18.8 Å². The number of halogens is 2. The van der Waals surface area contributed by atoms with E-state index in [4.69, 9.17) is 11.6 Å². The van der Waals surface area contributed by atoms with Crippen LogP contribution in [0.1, 0.15) is 37.7 Å². The predicted molar refractivity (Wildman–Crippen MR) is 148 cm³/mol. The summed E-state index contributed by atoms with van der Waals surface area (Å²) in [7, 11) is 1.46. The number of nitriles is 1. The average Bonchev–Trinajstić information content (AvgIpc) is 3.61. The summed E-state index contributed by atoms with van der Waals surface area (Å²) < 4.78 is 14.6. The molecule has 13 heteroatoms. The second-order valence-corrected chi connectivity index (χ2v) is 9.28. The van der Waals surface area contributed by atoms with E-state index in [0.29, 0.717) is 22.5 Å². The Balaban J connectivity index is 1.51. The van der Waals surface area contributed by atoms with Crippen molar-refractivity contribution in [1.82, 2.24) is 35.1 Å². The number of nitrogens with one attached hydrogen (secondary N) is 2. The van der Waals surface area contributed by atoms with E-state index in [1.54, 1.807) is 49.5 Å². The van der Waals surface area contributed by atoms with Crippen LogP contribution < -0.4 is 10.6 Å². The number of carbonyl (C=O) groups is 2. The molecule has 0 saturated carbocycles. The van der Waals surface area contributed by atoms with Gasteiger partial charge in [-0.2, -0.15) is 25.4 Å². The summed E-state index contributed by atoms with van der Waals surface area (Å²) in [5, 5.41) is 28.2. The second kappa shape index (κ2) is 11.4. The van der Waals surface area contributed by atoms with Crippen LogP contribution in [0.5, 0.6) is 0 Å². The van der Waals surface area contributed by atoms with Gasteiger partial charge in [0.15, 0.2) is 5.82 Å². The number of rotatable bonds is 7. The lowest BCUT2D eigenvalue weighted by atomic mass is 10.0. The van der Waals surface area contributed by atoms with Crippen molar-refractivity contribution in [3.63, 3.8) is 0 Å². The van der Waals surface area contributed by atoms with E-state index >= 15 is 0 Å². The zero-order valence-corrected chi connectivity index (χ0v) is 22.5. The fourth-order valence-corrected chi connectivity index (χ4v) is 4.35. The first kappa shape index (κ1) is 27.2. The first-order chi connectivity index (χ1) is 19.8. The van der Waals surface area contributed by atoms with Crippen molar-refractivity contribution in [1.29, 1.82) is 5.26 Å². The molecule has 0 atom stereocenters. The Bertz CT molecular complexity index is 1820. The van der Waals surface area contributed by atoms with E-state index in [-0.39, 0.29) is 45.7 Å². The number of amides is 2. The molecule has 41 heavy (non-hydrogen) atoms. The van der Waals surface area contributed by atoms with Crippen LogP contribution in [0.15, 0.2) is 67.0 Å². The van der Waals surface area contributed by atoms with Crippen LogP contribution in [-0.2, 0) is 6.54 Å². The van der Waals surface area contributed by atoms with Crippen LogP contribution in [0.4, 0.5) is 10.1 Å². The summed E-state index contributed by atoms with van der Waals surface area (Å²) in [5.41, 5.74) is 2.90. The monoisotopic (exact) mass is 569 g/mol. The van der Waals surface area contributed by atoms with Gasteiger partial charge in [0.1, 0.15) is 23.7 Å². The minimum atomic E-state index is -0.594. The van der Waals surface area contributed by atoms with Gasteiger partial charge < -0.3 is 10.6 Å². The number of hydrogen-bond acceptors (Lipinski definition) is 7. The minimum absolute atomic E-state index is 0.0816. The molecule has 0 radical (unpaired) electrons. The zero-order chi connectivity index (χ0) is 29.1. The molecule has 0 spiro atoms. The van der Waals surface area contributed by atoms with E-state index in [0.717, 1.165) is 0 Å². The van der Waals surface area contributed by atoms with Gasteiger partial charge in [-0.25, -0.2) is 14.1 Å². The Morgan fingerprint density at radius 2 is 1.88 bits per heavy atom.